The van der Waals surface area contributed by atoms with Crippen LogP contribution in [0.3, 0.4) is 0 Å². The van der Waals surface area contributed by atoms with Crippen LogP contribution >= 0.6 is 0 Å². The van der Waals surface area contributed by atoms with E-state index in [1.165, 1.54) is 25.7 Å². The second-order valence-corrected chi connectivity index (χ2v) is 7.84. The first-order valence-corrected chi connectivity index (χ1v) is 11.9. The summed E-state index contributed by atoms with van der Waals surface area (Å²) in [6, 6.07) is 11.5. The number of anilines is 2. The predicted molar refractivity (Wildman–Crippen MR) is 132 cm³/mol. The van der Waals surface area contributed by atoms with E-state index in [9.17, 15) is 0 Å². The van der Waals surface area contributed by atoms with Crippen molar-refractivity contribution in [2.45, 2.75) is 52.4 Å². The number of benzene rings is 2. The van der Waals surface area contributed by atoms with Crippen molar-refractivity contribution in [3.05, 3.63) is 36.4 Å². The lowest BCUT2D eigenvalue weighted by molar-refractivity contribution is 0.0975. The Morgan fingerprint density at radius 3 is 1.41 bits per heavy atom. The average Bonchev–Trinajstić information content (AvgIpc) is 2.80. The minimum atomic E-state index is 0.466. The Morgan fingerprint density at radius 1 is 0.562 bits per heavy atom. The molecular weight excluding hydrogens is 404 g/mol. The lowest BCUT2D eigenvalue weighted by Gasteiger charge is -2.13. The first-order valence-electron chi connectivity index (χ1n) is 11.9. The van der Waals surface area contributed by atoms with Gasteiger partial charge in [0.25, 0.3) is 0 Å². The molecule has 0 heterocycles. The summed E-state index contributed by atoms with van der Waals surface area (Å²) < 4.78 is 22.9. The summed E-state index contributed by atoms with van der Waals surface area (Å²) in [4.78, 5) is 0. The van der Waals surface area contributed by atoms with Crippen LogP contribution in [0.4, 0.5) is 11.4 Å². The van der Waals surface area contributed by atoms with Gasteiger partial charge in [-0.25, -0.2) is 0 Å². The zero-order valence-electron chi connectivity index (χ0n) is 19.7. The number of unbranched alkanes of at least 4 members (excludes halogenated alkanes) is 4. The van der Waals surface area contributed by atoms with E-state index in [0.29, 0.717) is 49.3 Å². The molecule has 0 aliphatic heterocycles. The van der Waals surface area contributed by atoms with Crippen LogP contribution in [-0.2, 0) is 9.47 Å². The van der Waals surface area contributed by atoms with Crippen LogP contribution in [-0.4, -0.2) is 39.6 Å². The monoisotopic (exact) mass is 444 g/mol. The Morgan fingerprint density at radius 2 is 1.00 bits per heavy atom. The molecule has 0 radical (unpaired) electrons. The van der Waals surface area contributed by atoms with Crippen LogP contribution < -0.4 is 20.9 Å². The van der Waals surface area contributed by atoms with Crippen molar-refractivity contribution in [1.82, 2.24) is 0 Å². The largest absolute Gasteiger partial charge is 0.489 e. The summed E-state index contributed by atoms with van der Waals surface area (Å²) >= 11 is 0. The molecule has 0 aliphatic carbocycles. The summed E-state index contributed by atoms with van der Waals surface area (Å²) in [5.41, 5.74) is 15.4. The van der Waals surface area contributed by atoms with Gasteiger partial charge in [-0.3, -0.25) is 0 Å². The van der Waals surface area contributed by atoms with Crippen molar-refractivity contribution in [2.75, 3.05) is 51.1 Å². The first-order chi connectivity index (χ1) is 15.7. The molecule has 0 spiro atoms. The third kappa shape index (κ3) is 9.37. The Hall–Kier alpha value is -2.44. The van der Waals surface area contributed by atoms with Gasteiger partial charge in [0.15, 0.2) is 0 Å². The highest BCUT2D eigenvalue weighted by atomic mass is 16.5. The third-order valence-corrected chi connectivity index (χ3v) is 5.12. The normalized spacial score (nSPS) is 10.9. The van der Waals surface area contributed by atoms with Gasteiger partial charge in [0.2, 0.25) is 0 Å². The lowest BCUT2D eigenvalue weighted by atomic mass is 10.0. The van der Waals surface area contributed by atoms with Crippen LogP contribution in [0, 0.1) is 0 Å². The molecular formula is C26H40N2O4. The minimum absolute atomic E-state index is 0.466. The second-order valence-electron chi connectivity index (χ2n) is 7.84. The standard InChI is InChI=1S/C26H40N2O4/c1-3-5-7-13-29-15-17-31-25-19-21(9-11-23(25)27)22-10-12-24(28)26(20-22)32-18-16-30-14-8-6-4-2/h9-12,19-20H,3-8,13-18,27-28H2,1-2H3. The van der Waals surface area contributed by atoms with E-state index in [-0.39, 0.29) is 0 Å². The van der Waals surface area contributed by atoms with Gasteiger partial charge in [-0.2, -0.15) is 0 Å². The molecule has 0 saturated heterocycles. The highest BCUT2D eigenvalue weighted by Gasteiger charge is 2.08. The van der Waals surface area contributed by atoms with Gasteiger partial charge in [0.05, 0.1) is 24.6 Å². The van der Waals surface area contributed by atoms with Crippen molar-refractivity contribution in [2.24, 2.45) is 0 Å². The Bertz CT molecular complexity index is 717. The zero-order valence-corrected chi connectivity index (χ0v) is 19.7. The van der Waals surface area contributed by atoms with E-state index >= 15 is 0 Å². The molecule has 6 nitrogen and oxygen atoms in total. The van der Waals surface area contributed by atoms with Crippen molar-refractivity contribution in [1.29, 1.82) is 0 Å². The number of hydrogen-bond donors (Lipinski definition) is 2. The molecule has 0 saturated carbocycles. The SMILES string of the molecule is CCCCCOCCOc1cc(-c2ccc(N)c(OCCOCCCCC)c2)ccc1N. The molecule has 4 N–H and O–H groups in total. The van der Waals surface area contributed by atoms with Crippen molar-refractivity contribution in [3.63, 3.8) is 0 Å². The maximum absolute atomic E-state index is 6.10. The Balaban J connectivity index is 1.89. The lowest BCUT2D eigenvalue weighted by Crippen LogP contribution is -2.09. The smallest absolute Gasteiger partial charge is 0.142 e. The van der Waals surface area contributed by atoms with Crippen molar-refractivity contribution < 1.29 is 18.9 Å². The van der Waals surface area contributed by atoms with Crippen molar-refractivity contribution >= 4 is 11.4 Å². The molecule has 0 amide bonds. The quantitative estimate of drug-likeness (QED) is 0.241. The number of rotatable bonds is 17. The summed E-state index contributed by atoms with van der Waals surface area (Å²) in [5.74, 6) is 1.30. The zero-order chi connectivity index (χ0) is 23.0. The number of ether oxygens (including phenoxy) is 4. The number of hydrogen-bond acceptors (Lipinski definition) is 6. The van der Waals surface area contributed by atoms with Gasteiger partial charge < -0.3 is 30.4 Å². The third-order valence-electron chi connectivity index (χ3n) is 5.12. The molecule has 0 aromatic heterocycles. The molecule has 178 valence electrons. The van der Waals surface area contributed by atoms with Crippen LogP contribution in [0.25, 0.3) is 11.1 Å². The molecule has 0 fully saturated rings. The summed E-state index contributed by atoms with van der Waals surface area (Å²) in [6.07, 6.45) is 6.92. The van der Waals surface area contributed by atoms with Crippen molar-refractivity contribution in [3.8, 4) is 22.6 Å². The maximum Gasteiger partial charge on any atom is 0.142 e. The van der Waals surface area contributed by atoms with Crippen LogP contribution in [0.2, 0.25) is 0 Å². The van der Waals surface area contributed by atoms with E-state index < -0.39 is 0 Å². The fourth-order valence-corrected chi connectivity index (χ4v) is 3.21. The van der Waals surface area contributed by atoms with Gasteiger partial charge in [0, 0.05) is 13.2 Å². The van der Waals surface area contributed by atoms with E-state index in [4.69, 9.17) is 30.4 Å². The number of nitrogens with two attached hydrogens (primary N) is 2. The van der Waals surface area contributed by atoms with Gasteiger partial charge >= 0.3 is 0 Å². The molecule has 0 bridgehead atoms. The van der Waals surface area contributed by atoms with Gasteiger partial charge in [-0.15, -0.1) is 0 Å². The van der Waals surface area contributed by atoms with Gasteiger partial charge in [-0.05, 0) is 48.2 Å². The topological polar surface area (TPSA) is 89.0 Å². The molecule has 2 aromatic rings. The van der Waals surface area contributed by atoms with E-state index in [2.05, 4.69) is 13.8 Å². The molecule has 6 heteroatoms. The molecule has 0 unspecified atom stereocenters. The Labute approximate surface area is 193 Å². The molecule has 0 atom stereocenters. The highest BCUT2D eigenvalue weighted by Crippen LogP contribution is 2.33. The summed E-state index contributed by atoms with van der Waals surface area (Å²) in [7, 11) is 0. The van der Waals surface area contributed by atoms with Crippen LogP contribution in [0.15, 0.2) is 36.4 Å². The first kappa shape index (κ1) is 25.8. The second kappa shape index (κ2) is 15.4. The van der Waals surface area contributed by atoms with E-state index in [1.54, 1.807) is 0 Å². The van der Waals surface area contributed by atoms with E-state index in [1.807, 2.05) is 36.4 Å². The molecule has 2 aromatic carbocycles. The van der Waals surface area contributed by atoms with Gasteiger partial charge in [0.1, 0.15) is 24.7 Å². The molecule has 0 aliphatic rings. The Kier molecular flexibility index (Phi) is 12.4. The minimum Gasteiger partial charge on any atom is -0.489 e. The number of nitrogen functional groups attached to an aromatic ring is 2. The summed E-state index contributed by atoms with van der Waals surface area (Å²) in [5, 5.41) is 0. The van der Waals surface area contributed by atoms with Crippen LogP contribution in [0.5, 0.6) is 11.5 Å². The fraction of sp³-hybridized carbons (Fsp3) is 0.538. The maximum atomic E-state index is 6.10. The average molecular weight is 445 g/mol. The van der Waals surface area contributed by atoms with Gasteiger partial charge in [-0.1, -0.05) is 51.7 Å². The summed E-state index contributed by atoms with van der Waals surface area (Å²) in [6.45, 7) is 7.93. The molecule has 32 heavy (non-hydrogen) atoms. The molecule has 2 rings (SSSR count). The predicted octanol–water partition coefficient (Wildman–Crippen LogP) is 5.69. The van der Waals surface area contributed by atoms with Crippen LogP contribution in [0.1, 0.15) is 52.4 Å². The fourth-order valence-electron chi connectivity index (χ4n) is 3.21. The van der Waals surface area contributed by atoms with E-state index in [0.717, 1.165) is 37.2 Å². The highest BCUT2D eigenvalue weighted by molar-refractivity contribution is 5.73.